The summed E-state index contributed by atoms with van der Waals surface area (Å²) in [5.41, 5.74) is 1.08. The van der Waals surface area contributed by atoms with Crippen molar-refractivity contribution in [2.75, 3.05) is 0 Å². The highest BCUT2D eigenvalue weighted by atomic mass is 16.6. The SMILES string of the molecule is C=C(C)C(=O)OC1C(=C)CC2CC1OC2=O. The zero-order chi connectivity index (χ0) is 11.9. The molecule has 0 aromatic rings. The lowest BCUT2D eigenvalue weighted by Gasteiger charge is -2.27. The van der Waals surface area contributed by atoms with Crippen LogP contribution in [0, 0.1) is 5.92 Å². The number of esters is 2. The number of hydrogen-bond acceptors (Lipinski definition) is 4. The summed E-state index contributed by atoms with van der Waals surface area (Å²) >= 11 is 0. The lowest BCUT2D eigenvalue weighted by atomic mass is 9.85. The highest BCUT2D eigenvalue weighted by Gasteiger charge is 2.46. The predicted molar refractivity (Wildman–Crippen MR) is 56.4 cm³/mol. The Morgan fingerprint density at radius 2 is 2.25 bits per heavy atom. The van der Waals surface area contributed by atoms with Crippen molar-refractivity contribution in [3.8, 4) is 0 Å². The Hall–Kier alpha value is -1.58. The smallest absolute Gasteiger partial charge is 0.333 e. The van der Waals surface area contributed by atoms with Gasteiger partial charge < -0.3 is 9.47 Å². The van der Waals surface area contributed by atoms with Crippen LogP contribution >= 0.6 is 0 Å². The van der Waals surface area contributed by atoms with Gasteiger partial charge in [0.1, 0.15) is 6.10 Å². The molecule has 16 heavy (non-hydrogen) atoms. The topological polar surface area (TPSA) is 52.6 Å². The van der Waals surface area contributed by atoms with Crippen molar-refractivity contribution in [1.29, 1.82) is 0 Å². The van der Waals surface area contributed by atoms with Gasteiger partial charge in [-0.1, -0.05) is 13.2 Å². The Morgan fingerprint density at radius 1 is 1.56 bits per heavy atom. The van der Waals surface area contributed by atoms with Crippen LogP contribution in [0.3, 0.4) is 0 Å². The van der Waals surface area contributed by atoms with Crippen LogP contribution in [0.25, 0.3) is 0 Å². The van der Waals surface area contributed by atoms with Gasteiger partial charge in [-0.05, 0) is 18.9 Å². The van der Waals surface area contributed by atoms with E-state index < -0.39 is 12.1 Å². The van der Waals surface area contributed by atoms with E-state index >= 15 is 0 Å². The van der Waals surface area contributed by atoms with Crippen molar-refractivity contribution in [3.63, 3.8) is 0 Å². The monoisotopic (exact) mass is 222 g/mol. The number of ether oxygens (including phenoxy) is 2. The number of carbonyl (C=O) groups is 2. The van der Waals surface area contributed by atoms with Gasteiger partial charge in [0.15, 0.2) is 6.10 Å². The first-order valence-electron chi connectivity index (χ1n) is 5.23. The molecule has 1 aliphatic heterocycles. The van der Waals surface area contributed by atoms with Crippen molar-refractivity contribution in [2.24, 2.45) is 5.92 Å². The Balaban J connectivity index is 2.10. The van der Waals surface area contributed by atoms with Gasteiger partial charge in [0.05, 0.1) is 5.92 Å². The number of carbonyl (C=O) groups excluding carboxylic acids is 2. The molecule has 0 N–H and O–H groups in total. The third-order valence-electron chi connectivity index (χ3n) is 2.95. The average Bonchev–Trinajstić information content (AvgIpc) is 2.50. The molecule has 4 heteroatoms. The van der Waals surface area contributed by atoms with Crippen molar-refractivity contribution in [1.82, 2.24) is 0 Å². The molecule has 1 saturated heterocycles. The Morgan fingerprint density at radius 3 is 2.88 bits per heavy atom. The van der Waals surface area contributed by atoms with Gasteiger partial charge in [-0.2, -0.15) is 0 Å². The molecule has 2 bridgehead atoms. The van der Waals surface area contributed by atoms with Crippen LogP contribution in [0.1, 0.15) is 19.8 Å². The van der Waals surface area contributed by atoms with Crippen LogP contribution in [0.4, 0.5) is 0 Å². The molecule has 0 radical (unpaired) electrons. The van der Waals surface area contributed by atoms with Gasteiger partial charge in [-0.15, -0.1) is 0 Å². The van der Waals surface area contributed by atoms with Gasteiger partial charge in [0.25, 0.3) is 0 Å². The lowest BCUT2D eigenvalue weighted by molar-refractivity contribution is -0.155. The second kappa shape index (κ2) is 3.77. The zero-order valence-corrected chi connectivity index (χ0v) is 9.19. The highest BCUT2D eigenvalue weighted by Crippen LogP contribution is 2.38. The van der Waals surface area contributed by atoms with Crippen LogP contribution in [0.5, 0.6) is 0 Å². The van der Waals surface area contributed by atoms with Crippen LogP contribution in [0.2, 0.25) is 0 Å². The minimum Gasteiger partial charge on any atom is -0.458 e. The van der Waals surface area contributed by atoms with Gasteiger partial charge in [-0.3, -0.25) is 4.79 Å². The molecule has 1 saturated carbocycles. The maximum atomic E-state index is 11.4. The second-order valence-electron chi connectivity index (χ2n) is 4.38. The molecular weight excluding hydrogens is 208 g/mol. The van der Waals surface area contributed by atoms with E-state index in [1.807, 2.05) is 0 Å². The zero-order valence-electron chi connectivity index (χ0n) is 9.19. The van der Waals surface area contributed by atoms with Gasteiger partial charge in [0.2, 0.25) is 0 Å². The second-order valence-corrected chi connectivity index (χ2v) is 4.38. The minimum atomic E-state index is -0.508. The van der Waals surface area contributed by atoms with Gasteiger partial charge in [-0.25, -0.2) is 4.79 Å². The van der Waals surface area contributed by atoms with E-state index in [1.165, 1.54) is 0 Å². The molecule has 0 amide bonds. The van der Waals surface area contributed by atoms with Crippen LogP contribution in [0.15, 0.2) is 24.3 Å². The van der Waals surface area contributed by atoms with E-state index in [2.05, 4.69) is 13.2 Å². The fourth-order valence-corrected chi connectivity index (χ4v) is 2.09. The van der Waals surface area contributed by atoms with E-state index in [1.54, 1.807) is 6.92 Å². The predicted octanol–water partition coefficient (Wildman–Crippen LogP) is 1.37. The number of rotatable bonds is 2. The first-order valence-corrected chi connectivity index (χ1v) is 5.23. The first kappa shape index (κ1) is 10.9. The third kappa shape index (κ3) is 1.75. The van der Waals surface area contributed by atoms with Crippen molar-refractivity contribution < 1.29 is 19.1 Å². The summed E-state index contributed by atoms with van der Waals surface area (Å²) < 4.78 is 10.4. The summed E-state index contributed by atoms with van der Waals surface area (Å²) in [6.45, 7) is 8.93. The molecule has 3 unspecified atom stereocenters. The molecule has 1 heterocycles. The summed E-state index contributed by atoms with van der Waals surface area (Å²) in [6, 6.07) is 0. The largest absolute Gasteiger partial charge is 0.458 e. The molecule has 0 aromatic heterocycles. The maximum Gasteiger partial charge on any atom is 0.333 e. The van der Waals surface area contributed by atoms with Crippen LogP contribution in [-0.2, 0) is 19.1 Å². The summed E-state index contributed by atoms with van der Waals surface area (Å²) in [6.07, 6.45) is 0.295. The minimum absolute atomic E-state index is 0.0997. The molecule has 2 rings (SSSR count). The summed E-state index contributed by atoms with van der Waals surface area (Å²) in [4.78, 5) is 22.8. The third-order valence-corrected chi connectivity index (χ3v) is 2.95. The molecule has 86 valence electrons. The molecule has 3 atom stereocenters. The van der Waals surface area contributed by atoms with E-state index in [0.29, 0.717) is 18.4 Å². The Kier molecular flexibility index (Phi) is 2.58. The summed E-state index contributed by atoms with van der Waals surface area (Å²) in [5.74, 6) is -0.773. The van der Waals surface area contributed by atoms with Crippen LogP contribution < -0.4 is 0 Å². The van der Waals surface area contributed by atoms with E-state index in [-0.39, 0.29) is 18.0 Å². The van der Waals surface area contributed by atoms with Crippen LogP contribution in [-0.4, -0.2) is 24.1 Å². The van der Waals surface area contributed by atoms with E-state index in [9.17, 15) is 9.59 Å². The fraction of sp³-hybridized carbons (Fsp3) is 0.500. The number of fused-ring (bicyclic) bond motifs is 2. The normalized spacial score (nSPS) is 32.2. The first-order chi connectivity index (χ1) is 7.49. The van der Waals surface area contributed by atoms with Gasteiger partial charge in [0, 0.05) is 12.0 Å². The van der Waals surface area contributed by atoms with Crippen molar-refractivity contribution in [3.05, 3.63) is 24.3 Å². The fourth-order valence-electron chi connectivity index (χ4n) is 2.09. The van der Waals surface area contributed by atoms with Crippen molar-refractivity contribution in [2.45, 2.75) is 32.0 Å². The summed E-state index contributed by atoms with van der Waals surface area (Å²) in [7, 11) is 0. The van der Waals surface area contributed by atoms with Crippen molar-refractivity contribution >= 4 is 11.9 Å². The molecule has 2 fully saturated rings. The number of hydrogen-bond donors (Lipinski definition) is 0. The Bertz CT molecular complexity index is 382. The average molecular weight is 222 g/mol. The molecular formula is C12H14O4. The molecule has 2 aliphatic rings. The molecule has 4 nitrogen and oxygen atoms in total. The highest BCUT2D eigenvalue weighted by molar-refractivity contribution is 5.87. The molecule has 0 spiro atoms. The summed E-state index contributed by atoms with van der Waals surface area (Å²) in [5, 5.41) is 0. The Labute approximate surface area is 93.9 Å². The van der Waals surface area contributed by atoms with E-state index in [0.717, 1.165) is 5.57 Å². The van der Waals surface area contributed by atoms with E-state index in [4.69, 9.17) is 9.47 Å². The maximum absolute atomic E-state index is 11.4. The lowest BCUT2D eigenvalue weighted by Crippen LogP contribution is -2.35. The molecule has 0 aromatic carbocycles. The van der Waals surface area contributed by atoms with Gasteiger partial charge >= 0.3 is 11.9 Å². The molecule has 1 aliphatic carbocycles. The standard InChI is InChI=1S/C12H14O4/c1-6(2)11(13)16-10-7(3)4-8-5-9(10)15-12(8)14/h8-10H,1,3-5H2,2H3. The quantitative estimate of drug-likeness (QED) is 0.402.